The van der Waals surface area contributed by atoms with Crippen LogP contribution in [0.2, 0.25) is 0 Å². The van der Waals surface area contributed by atoms with Crippen LogP contribution >= 0.6 is 0 Å². The van der Waals surface area contributed by atoms with Gasteiger partial charge in [0.2, 0.25) is 5.91 Å². The van der Waals surface area contributed by atoms with Crippen LogP contribution in [0.15, 0.2) is 36.0 Å². The number of hydrogen-bond acceptors (Lipinski definition) is 2. The molecule has 24 heavy (non-hydrogen) atoms. The van der Waals surface area contributed by atoms with E-state index in [1.807, 2.05) is 24.3 Å². The lowest BCUT2D eigenvalue weighted by Gasteiger charge is -2.14. The third-order valence-corrected chi connectivity index (χ3v) is 4.64. The molecule has 1 aliphatic carbocycles. The summed E-state index contributed by atoms with van der Waals surface area (Å²) in [5.74, 6) is 0.0193. The van der Waals surface area contributed by atoms with E-state index in [9.17, 15) is 4.79 Å². The van der Waals surface area contributed by atoms with Crippen LogP contribution in [0.3, 0.4) is 0 Å². The highest BCUT2D eigenvalue weighted by Crippen LogP contribution is 2.15. The van der Waals surface area contributed by atoms with Crippen LogP contribution in [0.4, 0.5) is 0 Å². The topological polar surface area (TPSA) is 41.1 Å². The fraction of sp³-hybridized carbons (Fsp3) is 0.571. The second-order valence-electron chi connectivity index (χ2n) is 6.93. The molecule has 0 spiro atoms. The molecule has 0 fully saturated rings. The number of aryl methyl sites for hydroxylation is 1. The maximum Gasteiger partial charge on any atom is 0.242 e. The zero-order valence-electron chi connectivity index (χ0n) is 15.1. The van der Waals surface area contributed by atoms with Gasteiger partial charge in [0.15, 0.2) is 0 Å². The monoisotopic (exact) mass is 328 g/mol. The van der Waals surface area contributed by atoms with Gasteiger partial charge in [-0.15, -0.1) is 0 Å². The van der Waals surface area contributed by atoms with Crippen molar-refractivity contribution in [3.63, 3.8) is 0 Å². The van der Waals surface area contributed by atoms with E-state index >= 15 is 0 Å². The lowest BCUT2D eigenvalue weighted by atomic mass is 10.0. The predicted molar refractivity (Wildman–Crippen MR) is 100 cm³/mol. The minimum absolute atomic E-state index is 0.0193. The molecule has 0 aromatic heterocycles. The quantitative estimate of drug-likeness (QED) is 0.767. The van der Waals surface area contributed by atoms with Gasteiger partial charge in [0, 0.05) is 5.70 Å². The van der Waals surface area contributed by atoms with Crippen molar-refractivity contribution in [2.75, 3.05) is 0 Å². The highest BCUT2D eigenvalue weighted by molar-refractivity contribution is 5.78. The maximum atomic E-state index is 12.1. The number of nitrogens with one attached hydrogen (secondary N) is 2. The predicted octanol–water partition coefficient (Wildman–Crippen LogP) is 4.96. The highest BCUT2D eigenvalue weighted by Gasteiger charge is 2.05. The van der Waals surface area contributed by atoms with Crippen molar-refractivity contribution in [3.05, 3.63) is 47.2 Å². The van der Waals surface area contributed by atoms with Crippen molar-refractivity contribution in [1.29, 1.82) is 0 Å². The van der Waals surface area contributed by atoms with E-state index in [0.29, 0.717) is 6.42 Å². The summed E-state index contributed by atoms with van der Waals surface area (Å²) in [6, 6.07) is 8.13. The number of carbonyl (C=O) groups is 1. The smallest absolute Gasteiger partial charge is 0.242 e. The first kappa shape index (κ1) is 18.6. The van der Waals surface area contributed by atoms with Gasteiger partial charge in [0.25, 0.3) is 0 Å². The minimum atomic E-state index is 0.0193. The Hall–Kier alpha value is -1.77. The summed E-state index contributed by atoms with van der Waals surface area (Å²) < 4.78 is 0. The molecule has 0 saturated heterocycles. The van der Waals surface area contributed by atoms with Gasteiger partial charge >= 0.3 is 0 Å². The lowest BCUT2D eigenvalue weighted by molar-refractivity contribution is -0.121. The summed E-state index contributed by atoms with van der Waals surface area (Å²) in [7, 11) is 0. The Kier molecular flexibility index (Phi) is 8.43. The van der Waals surface area contributed by atoms with E-state index in [1.54, 1.807) is 0 Å². The molecule has 0 aliphatic heterocycles. The largest absolute Gasteiger partial charge is 0.303 e. The van der Waals surface area contributed by atoms with Gasteiger partial charge in [-0.3, -0.25) is 10.2 Å². The van der Waals surface area contributed by atoms with Crippen LogP contribution in [0.25, 0.3) is 0 Å². The van der Waals surface area contributed by atoms with Gasteiger partial charge < -0.3 is 5.43 Å². The fourth-order valence-electron chi connectivity index (χ4n) is 3.10. The number of allylic oxidation sites excluding steroid dienone is 2. The van der Waals surface area contributed by atoms with E-state index in [2.05, 4.69) is 23.9 Å². The first-order chi connectivity index (χ1) is 11.7. The number of hydrogen-bond donors (Lipinski definition) is 2. The van der Waals surface area contributed by atoms with E-state index in [4.69, 9.17) is 0 Å². The summed E-state index contributed by atoms with van der Waals surface area (Å²) in [6.45, 7) is 2.06. The molecule has 0 atom stereocenters. The Balaban J connectivity index is 1.78. The molecule has 1 amide bonds. The summed E-state index contributed by atoms with van der Waals surface area (Å²) in [4.78, 5) is 12.1. The zero-order valence-corrected chi connectivity index (χ0v) is 15.1. The average Bonchev–Trinajstić information content (AvgIpc) is 2.56. The van der Waals surface area contributed by atoms with E-state index in [0.717, 1.165) is 18.4 Å². The number of benzene rings is 1. The van der Waals surface area contributed by atoms with Gasteiger partial charge in [-0.25, -0.2) is 0 Å². The fourth-order valence-corrected chi connectivity index (χ4v) is 3.10. The molecule has 1 aliphatic rings. The van der Waals surface area contributed by atoms with E-state index in [-0.39, 0.29) is 5.91 Å². The maximum absolute atomic E-state index is 12.1. The summed E-state index contributed by atoms with van der Waals surface area (Å²) >= 11 is 0. The summed E-state index contributed by atoms with van der Waals surface area (Å²) in [6.07, 6.45) is 15.4. The van der Waals surface area contributed by atoms with Gasteiger partial charge in [-0.2, -0.15) is 0 Å². The number of amides is 1. The standard InChI is InChI=1S/C21H32N2O/c1-18-13-15-19(16-14-18)17-21(24)23-22-20-11-9-7-5-3-2-4-6-8-10-12-20/h11,13-16,22H,2-10,12,17H2,1H3,(H,23,24). The normalized spacial score (nSPS) is 17.1. The second kappa shape index (κ2) is 10.9. The Morgan fingerprint density at radius 1 is 0.917 bits per heavy atom. The molecule has 0 bridgehead atoms. The minimum Gasteiger partial charge on any atom is -0.303 e. The molecule has 0 unspecified atom stereocenters. The van der Waals surface area contributed by atoms with Crippen LogP contribution in [0, 0.1) is 6.92 Å². The average molecular weight is 329 g/mol. The second-order valence-corrected chi connectivity index (χ2v) is 6.93. The van der Waals surface area contributed by atoms with E-state index < -0.39 is 0 Å². The van der Waals surface area contributed by atoms with Crippen molar-refractivity contribution < 1.29 is 4.79 Å². The van der Waals surface area contributed by atoms with Crippen molar-refractivity contribution in [1.82, 2.24) is 10.9 Å². The molecule has 0 saturated carbocycles. The van der Waals surface area contributed by atoms with Gasteiger partial charge in [0.05, 0.1) is 6.42 Å². The molecule has 1 aromatic rings. The third kappa shape index (κ3) is 7.67. The van der Waals surface area contributed by atoms with Crippen LogP contribution in [-0.2, 0) is 11.2 Å². The number of rotatable bonds is 4. The van der Waals surface area contributed by atoms with E-state index in [1.165, 1.54) is 62.6 Å². The molecular weight excluding hydrogens is 296 g/mol. The van der Waals surface area contributed by atoms with Gasteiger partial charge in [-0.1, -0.05) is 74.4 Å². The Labute approximate surface area is 146 Å². The zero-order chi connectivity index (χ0) is 17.0. The van der Waals surface area contributed by atoms with Gasteiger partial charge in [0.1, 0.15) is 0 Å². The molecule has 3 heteroatoms. The highest BCUT2D eigenvalue weighted by atomic mass is 16.2. The van der Waals surface area contributed by atoms with Crippen molar-refractivity contribution in [2.24, 2.45) is 0 Å². The molecule has 1 aromatic carbocycles. The van der Waals surface area contributed by atoms with Gasteiger partial charge in [-0.05, 0) is 38.2 Å². The van der Waals surface area contributed by atoms with Crippen molar-refractivity contribution in [2.45, 2.75) is 77.6 Å². The van der Waals surface area contributed by atoms with Crippen LogP contribution < -0.4 is 10.9 Å². The Morgan fingerprint density at radius 2 is 1.54 bits per heavy atom. The van der Waals surface area contributed by atoms with Crippen LogP contribution in [0.1, 0.15) is 75.3 Å². The molecule has 132 valence electrons. The Bertz CT molecular complexity index is 519. The number of hydrazine groups is 1. The lowest BCUT2D eigenvalue weighted by Crippen LogP contribution is -2.37. The first-order valence-corrected chi connectivity index (χ1v) is 9.53. The summed E-state index contributed by atoms with van der Waals surface area (Å²) in [5.41, 5.74) is 9.48. The third-order valence-electron chi connectivity index (χ3n) is 4.64. The Morgan fingerprint density at radius 3 is 2.25 bits per heavy atom. The first-order valence-electron chi connectivity index (χ1n) is 9.53. The van der Waals surface area contributed by atoms with Crippen molar-refractivity contribution >= 4 is 5.91 Å². The molecule has 3 nitrogen and oxygen atoms in total. The molecule has 0 radical (unpaired) electrons. The summed E-state index contributed by atoms with van der Waals surface area (Å²) in [5, 5.41) is 0. The van der Waals surface area contributed by atoms with Crippen LogP contribution in [0.5, 0.6) is 0 Å². The van der Waals surface area contributed by atoms with Crippen LogP contribution in [-0.4, -0.2) is 5.91 Å². The molecule has 2 rings (SSSR count). The molecule has 2 N–H and O–H groups in total. The molecule has 0 heterocycles. The SMILES string of the molecule is Cc1ccc(CC(=O)NNC2=CCCCCCCCCCC2)cc1. The molecular formula is C21H32N2O. The van der Waals surface area contributed by atoms with Crippen molar-refractivity contribution in [3.8, 4) is 0 Å². The number of carbonyl (C=O) groups excluding carboxylic acids is 1.